The Hall–Kier alpha value is -1.57. The first-order valence-corrected chi connectivity index (χ1v) is 5.90. The Balaban J connectivity index is 2.50. The summed E-state index contributed by atoms with van der Waals surface area (Å²) in [6, 6.07) is 1.53. The Morgan fingerprint density at radius 1 is 1.42 bits per heavy atom. The van der Waals surface area contributed by atoms with Crippen LogP contribution < -0.4 is 10.5 Å². The zero-order valence-corrected chi connectivity index (χ0v) is 11.3. The standard InChI is InChI=1S/C11H16ClN3O4/c1-17-4-5-18-6-7-19-11-9(12)8(2-3-14-11)10(13)15-16/h2-3,16H,4-7H2,1H3,(H2,13,15). The summed E-state index contributed by atoms with van der Waals surface area (Å²) in [5, 5.41) is 11.7. The Labute approximate surface area is 115 Å². The van der Waals surface area contributed by atoms with Crippen molar-refractivity contribution in [1.29, 1.82) is 0 Å². The lowest BCUT2D eigenvalue weighted by Crippen LogP contribution is -2.15. The van der Waals surface area contributed by atoms with E-state index in [4.69, 9.17) is 36.8 Å². The second-order valence-corrected chi connectivity index (χ2v) is 3.79. The quantitative estimate of drug-likeness (QED) is 0.242. The van der Waals surface area contributed by atoms with Crippen LogP contribution in [0.15, 0.2) is 17.4 Å². The summed E-state index contributed by atoms with van der Waals surface area (Å²) in [6.07, 6.45) is 1.46. The molecule has 1 heterocycles. The fourth-order valence-electron chi connectivity index (χ4n) is 1.22. The van der Waals surface area contributed by atoms with Gasteiger partial charge in [-0.2, -0.15) is 0 Å². The van der Waals surface area contributed by atoms with Crippen molar-refractivity contribution in [3.05, 3.63) is 22.8 Å². The number of ether oxygens (including phenoxy) is 3. The molecule has 1 aromatic rings. The number of hydrogen-bond donors (Lipinski definition) is 2. The van der Waals surface area contributed by atoms with Crippen molar-refractivity contribution in [3.63, 3.8) is 0 Å². The van der Waals surface area contributed by atoms with Gasteiger partial charge in [0.15, 0.2) is 5.84 Å². The first-order valence-electron chi connectivity index (χ1n) is 5.52. The zero-order valence-electron chi connectivity index (χ0n) is 10.5. The Kier molecular flexibility index (Phi) is 6.94. The van der Waals surface area contributed by atoms with Crippen molar-refractivity contribution in [2.45, 2.75) is 0 Å². The molecule has 0 bridgehead atoms. The van der Waals surface area contributed by atoms with E-state index in [0.717, 1.165) is 0 Å². The molecule has 0 radical (unpaired) electrons. The summed E-state index contributed by atoms with van der Waals surface area (Å²) in [5.41, 5.74) is 5.82. The molecule has 7 nitrogen and oxygen atoms in total. The van der Waals surface area contributed by atoms with Crippen LogP contribution in [-0.2, 0) is 9.47 Å². The fraction of sp³-hybridized carbons (Fsp3) is 0.455. The second-order valence-electron chi connectivity index (χ2n) is 3.42. The van der Waals surface area contributed by atoms with Gasteiger partial charge in [0.2, 0.25) is 5.88 Å². The number of amidine groups is 1. The molecule has 1 rings (SSSR count). The number of nitrogens with two attached hydrogens (primary N) is 1. The molecule has 0 unspecified atom stereocenters. The van der Waals surface area contributed by atoms with Gasteiger partial charge < -0.3 is 25.2 Å². The average molecular weight is 290 g/mol. The van der Waals surface area contributed by atoms with Gasteiger partial charge in [0.25, 0.3) is 0 Å². The van der Waals surface area contributed by atoms with E-state index >= 15 is 0 Å². The third-order valence-corrected chi connectivity index (χ3v) is 2.50. The molecule has 106 valence electrons. The van der Waals surface area contributed by atoms with Crippen LogP contribution in [0.25, 0.3) is 0 Å². The predicted molar refractivity (Wildman–Crippen MR) is 69.9 cm³/mol. The lowest BCUT2D eigenvalue weighted by Gasteiger charge is -2.09. The molecule has 0 spiro atoms. The summed E-state index contributed by atoms with van der Waals surface area (Å²) in [6.45, 7) is 1.69. The highest BCUT2D eigenvalue weighted by molar-refractivity contribution is 6.35. The maximum absolute atomic E-state index is 8.61. The number of halogens is 1. The molecular formula is C11H16ClN3O4. The number of oxime groups is 1. The molecule has 8 heteroatoms. The van der Waals surface area contributed by atoms with Gasteiger partial charge in [-0.1, -0.05) is 16.8 Å². The van der Waals surface area contributed by atoms with E-state index in [2.05, 4.69) is 10.1 Å². The van der Waals surface area contributed by atoms with E-state index in [1.165, 1.54) is 12.3 Å². The minimum atomic E-state index is -0.103. The van der Waals surface area contributed by atoms with Crippen LogP contribution in [0.1, 0.15) is 5.56 Å². The summed E-state index contributed by atoms with van der Waals surface area (Å²) in [5.74, 6) is 0.106. The van der Waals surface area contributed by atoms with E-state index in [-0.39, 0.29) is 23.3 Å². The first kappa shape index (κ1) is 15.5. The molecule has 0 aliphatic carbocycles. The zero-order chi connectivity index (χ0) is 14.1. The highest BCUT2D eigenvalue weighted by Crippen LogP contribution is 2.25. The minimum absolute atomic E-state index is 0.103. The molecule has 3 N–H and O–H groups in total. The van der Waals surface area contributed by atoms with Crippen molar-refractivity contribution < 1.29 is 19.4 Å². The highest BCUT2D eigenvalue weighted by atomic mass is 35.5. The summed E-state index contributed by atoms with van der Waals surface area (Å²) in [4.78, 5) is 3.96. The van der Waals surface area contributed by atoms with Gasteiger partial charge in [-0.3, -0.25) is 0 Å². The second kappa shape index (κ2) is 8.52. The molecule has 0 fully saturated rings. The molecular weight excluding hydrogens is 274 g/mol. The van der Waals surface area contributed by atoms with Crippen LogP contribution in [0.3, 0.4) is 0 Å². The van der Waals surface area contributed by atoms with E-state index in [0.29, 0.717) is 25.4 Å². The normalized spacial score (nSPS) is 11.6. The van der Waals surface area contributed by atoms with Gasteiger partial charge in [0, 0.05) is 18.9 Å². The molecule has 0 amide bonds. The van der Waals surface area contributed by atoms with Crippen LogP contribution in [-0.4, -0.2) is 49.6 Å². The van der Waals surface area contributed by atoms with Gasteiger partial charge in [0.05, 0.1) is 19.8 Å². The summed E-state index contributed by atoms with van der Waals surface area (Å²) in [7, 11) is 1.60. The Morgan fingerprint density at radius 3 is 2.84 bits per heavy atom. The first-order chi connectivity index (χ1) is 9.20. The molecule has 0 saturated carbocycles. The van der Waals surface area contributed by atoms with Crippen LogP contribution in [0.2, 0.25) is 5.02 Å². The third kappa shape index (κ3) is 4.90. The molecule has 0 saturated heterocycles. The monoisotopic (exact) mass is 289 g/mol. The lowest BCUT2D eigenvalue weighted by molar-refractivity contribution is 0.0537. The van der Waals surface area contributed by atoms with Crippen LogP contribution in [0.4, 0.5) is 0 Å². The Morgan fingerprint density at radius 2 is 2.16 bits per heavy atom. The maximum Gasteiger partial charge on any atom is 0.233 e. The van der Waals surface area contributed by atoms with Gasteiger partial charge in [-0.25, -0.2) is 4.98 Å². The maximum atomic E-state index is 8.61. The van der Waals surface area contributed by atoms with Gasteiger partial charge in [0.1, 0.15) is 11.6 Å². The van der Waals surface area contributed by atoms with Crippen molar-refractivity contribution in [2.75, 3.05) is 33.5 Å². The van der Waals surface area contributed by atoms with E-state index in [1.807, 2.05) is 0 Å². The largest absolute Gasteiger partial charge is 0.474 e. The molecule has 0 aliphatic rings. The van der Waals surface area contributed by atoms with Crippen LogP contribution in [0, 0.1) is 0 Å². The van der Waals surface area contributed by atoms with Crippen molar-refractivity contribution in [1.82, 2.24) is 4.98 Å². The summed E-state index contributed by atoms with van der Waals surface area (Å²) >= 11 is 6.02. The summed E-state index contributed by atoms with van der Waals surface area (Å²) < 4.78 is 15.4. The number of hydrogen-bond acceptors (Lipinski definition) is 6. The van der Waals surface area contributed by atoms with Gasteiger partial charge in [-0.05, 0) is 6.07 Å². The fourth-order valence-corrected chi connectivity index (χ4v) is 1.48. The molecule has 0 aliphatic heterocycles. The third-order valence-electron chi connectivity index (χ3n) is 2.14. The molecule has 0 aromatic carbocycles. The predicted octanol–water partition coefficient (Wildman–Crippen LogP) is 0.871. The minimum Gasteiger partial charge on any atom is -0.474 e. The number of nitrogens with zero attached hydrogens (tertiary/aromatic N) is 2. The smallest absolute Gasteiger partial charge is 0.233 e. The Bertz CT molecular complexity index is 428. The average Bonchev–Trinajstić information content (AvgIpc) is 2.43. The van der Waals surface area contributed by atoms with Gasteiger partial charge in [-0.15, -0.1) is 0 Å². The number of aromatic nitrogens is 1. The van der Waals surface area contributed by atoms with Crippen molar-refractivity contribution in [2.24, 2.45) is 10.9 Å². The van der Waals surface area contributed by atoms with Crippen molar-refractivity contribution >= 4 is 17.4 Å². The van der Waals surface area contributed by atoms with E-state index < -0.39 is 0 Å². The molecule has 1 aromatic heterocycles. The number of rotatable bonds is 8. The van der Waals surface area contributed by atoms with Crippen LogP contribution in [0.5, 0.6) is 5.88 Å². The van der Waals surface area contributed by atoms with E-state index in [9.17, 15) is 0 Å². The lowest BCUT2D eigenvalue weighted by atomic mass is 10.2. The molecule has 19 heavy (non-hydrogen) atoms. The van der Waals surface area contributed by atoms with Gasteiger partial charge >= 0.3 is 0 Å². The SMILES string of the molecule is COCCOCCOc1nccc(/C(N)=N/O)c1Cl. The number of pyridine rings is 1. The molecule has 0 atom stereocenters. The van der Waals surface area contributed by atoms with E-state index in [1.54, 1.807) is 7.11 Å². The van der Waals surface area contributed by atoms with Crippen molar-refractivity contribution in [3.8, 4) is 5.88 Å². The van der Waals surface area contributed by atoms with Crippen LogP contribution >= 0.6 is 11.6 Å². The number of methoxy groups -OCH3 is 1. The highest BCUT2D eigenvalue weighted by Gasteiger charge is 2.12. The topological polar surface area (TPSA) is 99.2 Å².